The van der Waals surface area contributed by atoms with Gasteiger partial charge in [-0.2, -0.15) is 0 Å². The number of benzene rings is 2. The summed E-state index contributed by atoms with van der Waals surface area (Å²) in [5.41, 5.74) is 6.06. The molecule has 2 heterocycles. The zero-order chi connectivity index (χ0) is 23.6. The molecule has 0 aromatic heterocycles. The SMILES string of the molecule is [2H]C1([2H])c2ccc(S(C)(=O)=O)cc2C([2H])([2H])N1[C@H]1CO[C@H](c2cc(F)ccc2F)[C@@H](N)C1. The van der Waals surface area contributed by atoms with Gasteiger partial charge in [0, 0.05) is 42.4 Å². The van der Waals surface area contributed by atoms with Gasteiger partial charge in [0.1, 0.15) is 17.7 Å². The number of hydrogen-bond acceptors (Lipinski definition) is 5. The van der Waals surface area contributed by atoms with Crippen LogP contribution >= 0.6 is 0 Å². The molecule has 0 unspecified atom stereocenters. The first-order valence-corrected chi connectivity index (χ1v) is 10.6. The highest BCUT2D eigenvalue weighted by Crippen LogP contribution is 2.34. The van der Waals surface area contributed by atoms with Crippen molar-refractivity contribution in [2.75, 3.05) is 12.9 Å². The average molecular weight is 412 g/mol. The van der Waals surface area contributed by atoms with Crippen LogP contribution in [0.5, 0.6) is 0 Å². The van der Waals surface area contributed by atoms with Gasteiger partial charge in [0.05, 0.1) is 11.5 Å². The quantitative estimate of drug-likeness (QED) is 0.839. The van der Waals surface area contributed by atoms with Crippen LogP contribution in [0.4, 0.5) is 8.78 Å². The predicted molar refractivity (Wildman–Crippen MR) is 100 cm³/mol. The largest absolute Gasteiger partial charge is 0.370 e. The number of nitrogens with zero attached hydrogens (tertiary/aromatic N) is 1. The second-order valence-corrected chi connectivity index (χ2v) is 9.06. The maximum atomic E-state index is 14.2. The summed E-state index contributed by atoms with van der Waals surface area (Å²) in [7, 11) is -3.63. The molecule has 2 aliphatic rings. The fourth-order valence-electron chi connectivity index (χ4n) is 3.49. The van der Waals surface area contributed by atoms with Crippen LogP contribution in [-0.2, 0) is 27.6 Å². The molecule has 1 saturated heterocycles. The Morgan fingerprint density at radius 3 is 2.64 bits per heavy atom. The molecule has 0 amide bonds. The smallest absolute Gasteiger partial charge is 0.175 e. The van der Waals surface area contributed by atoms with E-state index < -0.39 is 52.7 Å². The van der Waals surface area contributed by atoms with Crippen molar-refractivity contribution < 1.29 is 27.4 Å². The van der Waals surface area contributed by atoms with Crippen molar-refractivity contribution in [3.8, 4) is 0 Å². The Morgan fingerprint density at radius 1 is 1.18 bits per heavy atom. The minimum atomic E-state index is -3.63. The van der Waals surface area contributed by atoms with E-state index in [0.29, 0.717) is 0 Å². The van der Waals surface area contributed by atoms with Crippen molar-refractivity contribution in [3.05, 3.63) is 64.7 Å². The van der Waals surface area contributed by atoms with Crippen LogP contribution < -0.4 is 5.73 Å². The van der Waals surface area contributed by atoms with Gasteiger partial charge in [-0.25, -0.2) is 17.2 Å². The lowest BCUT2D eigenvalue weighted by Crippen LogP contribution is -2.47. The summed E-state index contributed by atoms with van der Waals surface area (Å²) in [5.74, 6) is -1.33. The summed E-state index contributed by atoms with van der Waals surface area (Å²) < 4.78 is 91.8. The van der Waals surface area contributed by atoms with Gasteiger partial charge in [0.15, 0.2) is 9.84 Å². The predicted octanol–water partition coefficient (Wildman–Crippen LogP) is 2.54. The van der Waals surface area contributed by atoms with Crippen LogP contribution in [0.25, 0.3) is 0 Å². The monoisotopic (exact) mass is 412 g/mol. The number of hydrogen-bond donors (Lipinski definition) is 1. The van der Waals surface area contributed by atoms with Crippen molar-refractivity contribution >= 4 is 9.84 Å². The molecule has 5 nitrogen and oxygen atoms in total. The molecular formula is C20H22F2N2O3S. The number of ether oxygens (including phenoxy) is 1. The van der Waals surface area contributed by atoms with Crippen LogP contribution in [-0.4, -0.2) is 38.3 Å². The average Bonchev–Trinajstić information content (AvgIpc) is 2.84. The molecule has 8 heteroatoms. The first-order chi connectivity index (χ1) is 14.7. The molecule has 28 heavy (non-hydrogen) atoms. The van der Waals surface area contributed by atoms with E-state index in [4.69, 9.17) is 16.0 Å². The molecule has 150 valence electrons. The highest BCUT2D eigenvalue weighted by Gasteiger charge is 2.36. The summed E-state index contributed by atoms with van der Waals surface area (Å²) in [4.78, 5) is 0.866. The van der Waals surface area contributed by atoms with Crippen LogP contribution in [0, 0.1) is 11.6 Å². The van der Waals surface area contributed by atoms with E-state index in [2.05, 4.69) is 0 Å². The zero-order valence-corrected chi connectivity index (χ0v) is 15.8. The number of halogens is 2. The Bertz CT molecular complexity index is 1180. The topological polar surface area (TPSA) is 72.6 Å². The summed E-state index contributed by atoms with van der Waals surface area (Å²) in [5, 5.41) is 0. The van der Waals surface area contributed by atoms with Crippen molar-refractivity contribution in [1.29, 1.82) is 0 Å². The molecule has 1 fully saturated rings. The lowest BCUT2D eigenvalue weighted by molar-refractivity contribution is -0.0531. The van der Waals surface area contributed by atoms with E-state index in [1.165, 1.54) is 12.1 Å². The molecule has 0 spiro atoms. The third kappa shape index (κ3) is 3.69. The molecule has 0 bridgehead atoms. The molecule has 4 rings (SSSR count). The molecule has 0 saturated carbocycles. The van der Waals surface area contributed by atoms with Crippen molar-refractivity contribution in [3.63, 3.8) is 0 Å². The van der Waals surface area contributed by atoms with Gasteiger partial charge in [-0.1, -0.05) is 6.07 Å². The highest BCUT2D eigenvalue weighted by atomic mass is 32.2. The Balaban J connectivity index is 1.66. The summed E-state index contributed by atoms with van der Waals surface area (Å²) in [6.07, 6.45) is 0.0678. The van der Waals surface area contributed by atoms with Gasteiger partial charge in [-0.15, -0.1) is 0 Å². The van der Waals surface area contributed by atoms with Gasteiger partial charge >= 0.3 is 0 Å². The molecule has 2 N–H and O–H groups in total. The Hall–Kier alpha value is -1.87. The fourth-order valence-corrected chi connectivity index (χ4v) is 4.14. The number of fused-ring (bicyclic) bond motifs is 1. The number of sulfone groups is 1. The summed E-state index contributed by atoms with van der Waals surface area (Å²) in [6.45, 7) is -4.82. The molecular weight excluding hydrogens is 386 g/mol. The van der Waals surface area contributed by atoms with Crippen LogP contribution in [0.3, 0.4) is 0 Å². The molecule has 2 aromatic carbocycles. The zero-order valence-electron chi connectivity index (χ0n) is 19.0. The van der Waals surface area contributed by atoms with Crippen molar-refractivity contribution in [2.24, 2.45) is 5.73 Å². The number of nitrogens with two attached hydrogens (primary N) is 1. The molecule has 0 radical (unpaired) electrons. The molecule has 0 aliphatic carbocycles. The highest BCUT2D eigenvalue weighted by molar-refractivity contribution is 7.90. The summed E-state index contributed by atoms with van der Waals surface area (Å²) >= 11 is 0. The second kappa shape index (κ2) is 7.18. The van der Waals surface area contributed by atoms with Gasteiger partial charge in [-0.05, 0) is 47.9 Å². The Kier molecular flexibility index (Phi) is 3.86. The molecule has 3 atom stereocenters. The third-order valence-electron chi connectivity index (χ3n) is 4.93. The maximum absolute atomic E-state index is 14.2. The van der Waals surface area contributed by atoms with Gasteiger partial charge in [0.2, 0.25) is 0 Å². The standard InChI is InChI=1S/C20H22F2N2O3S/c1-28(25,26)16-4-2-12-9-24(10-13(12)6-16)15-8-19(23)20(27-11-15)17-7-14(21)3-5-18(17)22/h2-7,15,19-20H,8-11,23H2,1H3/t15-,19+,20-/m1/s1/i9D2,10D2. The maximum Gasteiger partial charge on any atom is 0.175 e. The van der Waals surface area contributed by atoms with Gasteiger partial charge < -0.3 is 10.5 Å². The molecule has 2 aliphatic heterocycles. The molecule has 2 aromatic rings. The van der Waals surface area contributed by atoms with Crippen LogP contribution in [0.15, 0.2) is 41.3 Å². The number of rotatable bonds is 3. The fraction of sp³-hybridized carbons (Fsp3) is 0.400. The normalized spacial score (nSPS) is 31.4. The minimum Gasteiger partial charge on any atom is -0.370 e. The minimum absolute atomic E-state index is 0.0155. The van der Waals surface area contributed by atoms with E-state index in [9.17, 15) is 17.2 Å². The first-order valence-electron chi connectivity index (χ1n) is 10.7. The van der Waals surface area contributed by atoms with Crippen LogP contribution in [0.2, 0.25) is 0 Å². The summed E-state index contributed by atoms with van der Waals surface area (Å²) in [6, 6.07) is 4.93. The van der Waals surface area contributed by atoms with E-state index >= 15 is 0 Å². The Morgan fingerprint density at radius 2 is 1.93 bits per heavy atom. The first kappa shape index (κ1) is 15.0. The van der Waals surface area contributed by atoms with Gasteiger partial charge in [-0.3, -0.25) is 4.90 Å². The van der Waals surface area contributed by atoms with E-state index in [-0.39, 0.29) is 34.6 Å². The van der Waals surface area contributed by atoms with E-state index in [1.54, 1.807) is 0 Å². The van der Waals surface area contributed by atoms with Crippen molar-refractivity contribution in [2.45, 2.75) is 42.5 Å². The van der Waals surface area contributed by atoms with Crippen LogP contribution in [0.1, 0.15) is 34.7 Å². The van der Waals surface area contributed by atoms with Crippen molar-refractivity contribution in [1.82, 2.24) is 4.90 Å². The third-order valence-corrected chi connectivity index (χ3v) is 6.04. The van der Waals surface area contributed by atoms with E-state index in [1.807, 2.05) is 0 Å². The Labute approximate surface area is 168 Å². The van der Waals surface area contributed by atoms with E-state index in [0.717, 1.165) is 35.4 Å². The van der Waals surface area contributed by atoms with Gasteiger partial charge in [0.25, 0.3) is 0 Å². The lowest BCUT2D eigenvalue weighted by Gasteiger charge is -2.38. The second-order valence-electron chi connectivity index (χ2n) is 7.05. The lowest BCUT2D eigenvalue weighted by atomic mass is 9.93.